The summed E-state index contributed by atoms with van der Waals surface area (Å²) in [6.45, 7) is 0. The van der Waals surface area contributed by atoms with Crippen LogP contribution in [0.5, 0.6) is 11.5 Å². The Bertz CT molecular complexity index is 1110. The molecule has 0 aromatic heterocycles. The summed E-state index contributed by atoms with van der Waals surface area (Å²) >= 11 is 5.77. The third kappa shape index (κ3) is 5.16. The molecule has 0 heterocycles. The van der Waals surface area contributed by atoms with Crippen LogP contribution in [0.4, 0.5) is 18.9 Å². The largest absolute Gasteiger partial charge is 0.495 e. The van der Waals surface area contributed by atoms with Crippen LogP contribution in [0.15, 0.2) is 66.7 Å². The van der Waals surface area contributed by atoms with Gasteiger partial charge >= 0.3 is 12.1 Å². The fourth-order valence-corrected chi connectivity index (χ4v) is 2.85. The Kier molecular flexibility index (Phi) is 6.50. The number of nitrogens with one attached hydrogen (secondary N) is 1. The van der Waals surface area contributed by atoms with Crippen molar-refractivity contribution >= 4 is 29.2 Å². The number of hydrogen-bond donors (Lipinski definition) is 1. The lowest BCUT2D eigenvalue weighted by molar-refractivity contribution is -0.138. The summed E-state index contributed by atoms with van der Waals surface area (Å²) in [6, 6.07) is 14.7. The molecule has 160 valence electrons. The molecule has 0 saturated carbocycles. The molecule has 0 bridgehead atoms. The highest BCUT2D eigenvalue weighted by molar-refractivity contribution is 6.30. The van der Waals surface area contributed by atoms with Crippen molar-refractivity contribution in [3.63, 3.8) is 0 Å². The van der Waals surface area contributed by atoms with Crippen LogP contribution in [-0.4, -0.2) is 19.0 Å². The van der Waals surface area contributed by atoms with Gasteiger partial charge in [-0.2, -0.15) is 13.2 Å². The van der Waals surface area contributed by atoms with Gasteiger partial charge in [-0.3, -0.25) is 4.79 Å². The van der Waals surface area contributed by atoms with Gasteiger partial charge in [-0.1, -0.05) is 29.8 Å². The predicted molar refractivity (Wildman–Crippen MR) is 109 cm³/mol. The number of anilines is 1. The van der Waals surface area contributed by atoms with Crippen molar-refractivity contribution in [2.24, 2.45) is 0 Å². The molecule has 0 fully saturated rings. The zero-order valence-corrected chi connectivity index (χ0v) is 16.8. The van der Waals surface area contributed by atoms with E-state index < -0.39 is 34.9 Å². The molecule has 5 nitrogen and oxygen atoms in total. The normalized spacial score (nSPS) is 11.0. The molecule has 0 aliphatic heterocycles. The maximum absolute atomic E-state index is 13.6. The Morgan fingerprint density at radius 1 is 0.935 bits per heavy atom. The number of benzene rings is 3. The molecule has 0 saturated heterocycles. The Hall–Kier alpha value is -3.52. The molecule has 31 heavy (non-hydrogen) atoms. The number of carbonyl (C=O) groups is 2. The first kappa shape index (κ1) is 22.2. The van der Waals surface area contributed by atoms with Crippen molar-refractivity contribution in [2.75, 3.05) is 12.4 Å². The van der Waals surface area contributed by atoms with Crippen LogP contribution in [0.2, 0.25) is 5.02 Å². The van der Waals surface area contributed by atoms with E-state index in [2.05, 4.69) is 5.32 Å². The molecule has 0 spiro atoms. The number of hydrogen-bond acceptors (Lipinski definition) is 4. The van der Waals surface area contributed by atoms with Crippen LogP contribution in [0.25, 0.3) is 0 Å². The average molecular weight is 450 g/mol. The molecule has 0 atom stereocenters. The topological polar surface area (TPSA) is 64.6 Å². The number of halogens is 4. The summed E-state index contributed by atoms with van der Waals surface area (Å²) in [5.74, 6) is -2.57. The molecular formula is C22H15ClF3NO4. The van der Waals surface area contributed by atoms with Crippen LogP contribution >= 0.6 is 11.6 Å². The molecule has 9 heteroatoms. The molecule has 1 amide bonds. The molecule has 0 aliphatic rings. The van der Waals surface area contributed by atoms with Gasteiger partial charge in [0, 0.05) is 5.02 Å². The summed E-state index contributed by atoms with van der Waals surface area (Å²) in [4.78, 5) is 25.3. The molecule has 3 aromatic carbocycles. The van der Waals surface area contributed by atoms with Crippen molar-refractivity contribution in [1.29, 1.82) is 0 Å². The Morgan fingerprint density at radius 2 is 1.61 bits per heavy atom. The summed E-state index contributed by atoms with van der Waals surface area (Å²) in [5, 5.41) is 2.81. The summed E-state index contributed by atoms with van der Waals surface area (Å²) in [5.41, 5.74) is -1.52. The second kappa shape index (κ2) is 9.09. The minimum Gasteiger partial charge on any atom is -0.495 e. The number of methoxy groups -OCH3 is 1. The minimum atomic E-state index is -4.86. The van der Waals surface area contributed by atoms with Gasteiger partial charge in [0.2, 0.25) is 0 Å². The zero-order valence-electron chi connectivity index (χ0n) is 16.0. The number of rotatable bonds is 5. The number of carbonyl (C=O) groups excluding carboxylic acids is 2. The lowest BCUT2D eigenvalue weighted by Gasteiger charge is -2.17. The number of para-hydroxylation sites is 3. The number of amides is 1. The van der Waals surface area contributed by atoms with Crippen LogP contribution in [0.1, 0.15) is 26.3 Å². The molecule has 1 N–H and O–H groups in total. The van der Waals surface area contributed by atoms with Crippen LogP contribution < -0.4 is 14.8 Å². The van der Waals surface area contributed by atoms with E-state index in [0.29, 0.717) is 10.8 Å². The van der Waals surface area contributed by atoms with Gasteiger partial charge < -0.3 is 14.8 Å². The van der Waals surface area contributed by atoms with E-state index in [9.17, 15) is 22.8 Å². The highest BCUT2D eigenvalue weighted by atomic mass is 35.5. The predicted octanol–water partition coefficient (Wildman–Crippen LogP) is 5.84. The quantitative estimate of drug-likeness (QED) is 0.392. The van der Waals surface area contributed by atoms with Crippen molar-refractivity contribution < 1.29 is 32.2 Å². The molecule has 3 aromatic rings. The molecule has 0 unspecified atom stereocenters. The third-order valence-corrected chi connectivity index (χ3v) is 4.45. The second-order valence-corrected chi connectivity index (χ2v) is 6.67. The monoisotopic (exact) mass is 449 g/mol. The SMILES string of the molecule is COc1ccccc1NC(=O)c1cccc(C(F)(F)F)c1OC(=O)c1ccc(Cl)cc1. The highest BCUT2D eigenvalue weighted by Crippen LogP contribution is 2.39. The third-order valence-electron chi connectivity index (χ3n) is 4.19. The lowest BCUT2D eigenvalue weighted by atomic mass is 10.1. The van der Waals surface area contributed by atoms with Crippen molar-refractivity contribution in [3.05, 3.63) is 88.4 Å². The Labute approximate surface area is 180 Å². The van der Waals surface area contributed by atoms with Crippen molar-refractivity contribution in [1.82, 2.24) is 0 Å². The first-order valence-corrected chi connectivity index (χ1v) is 9.21. The highest BCUT2D eigenvalue weighted by Gasteiger charge is 2.37. The van der Waals surface area contributed by atoms with E-state index in [4.69, 9.17) is 21.1 Å². The molecular weight excluding hydrogens is 435 g/mol. The number of alkyl halides is 3. The van der Waals surface area contributed by atoms with Gasteiger partial charge in [-0.05, 0) is 48.5 Å². The van der Waals surface area contributed by atoms with Crippen LogP contribution in [0, 0.1) is 0 Å². The average Bonchev–Trinajstić information content (AvgIpc) is 2.73. The van der Waals surface area contributed by atoms with E-state index in [1.54, 1.807) is 18.2 Å². The maximum atomic E-state index is 13.6. The van der Waals surface area contributed by atoms with Gasteiger partial charge in [0.15, 0.2) is 5.75 Å². The summed E-state index contributed by atoms with van der Waals surface area (Å²) in [7, 11) is 1.38. The fourth-order valence-electron chi connectivity index (χ4n) is 2.72. The molecule has 3 rings (SSSR count). The molecule has 0 radical (unpaired) electrons. The van der Waals surface area contributed by atoms with Crippen LogP contribution in [0.3, 0.4) is 0 Å². The van der Waals surface area contributed by atoms with Gasteiger partial charge in [-0.15, -0.1) is 0 Å². The maximum Gasteiger partial charge on any atom is 0.420 e. The van der Waals surface area contributed by atoms with Gasteiger partial charge in [0.1, 0.15) is 5.75 Å². The van der Waals surface area contributed by atoms with E-state index in [1.807, 2.05) is 0 Å². The minimum absolute atomic E-state index is 0.0301. The number of ether oxygens (including phenoxy) is 2. The van der Waals surface area contributed by atoms with E-state index in [-0.39, 0.29) is 11.3 Å². The first-order valence-electron chi connectivity index (χ1n) is 8.83. The van der Waals surface area contributed by atoms with Gasteiger partial charge in [0.05, 0.1) is 29.5 Å². The van der Waals surface area contributed by atoms with Crippen LogP contribution in [-0.2, 0) is 6.18 Å². The van der Waals surface area contributed by atoms with Gasteiger partial charge in [0.25, 0.3) is 5.91 Å². The van der Waals surface area contributed by atoms with Gasteiger partial charge in [-0.25, -0.2) is 4.79 Å². The van der Waals surface area contributed by atoms with Crippen molar-refractivity contribution in [3.8, 4) is 11.5 Å². The summed E-state index contributed by atoms with van der Waals surface area (Å²) < 4.78 is 50.9. The Balaban J connectivity index is 2.01. The standard InChI is InChI=1S/C22H15ClF3NO4/c1-30-18-8-3-2-7-17(18)27-20(28)15-5-4-6-16(22(24,25)26)19(15)31-21(29)13-9-11-14(23)12-10-13/h2-12H,1H3,(H,27,28). The Morgan fingerprint density at radius 3 is 2.26 bits per heavy atom. The molecule has 0 aliphatic carbocycles. The first-order chi connectivity index (χ1) is 14.7. The lowest BCUT2D eigenvalue weighted by Crippen LogP contribution is -2.20. The van der Waals surface area contributed by atoms with E-state index in [1.165, 1.54) is 37.4 Å². The van der Waals surface area contributed by atoms with E-state index >= 15 is 0 Å². The zero-order chi connectivity index (χ0) is 22.6. The summed E-state index contributed by atoms with van der Waals surface area (Å²) in [6.07, 6.45) is -4.86. The smallest absolute Gasteiger partial charge is 0.420 e. The van der Waals surface area contributed by atoms with Crippen molar-refractivity contribution in [2.45, 2.75) is 6.18 Å². The number of esters is 1. The van der Waals surface area contributed by atoms with E-state index in [0.717, 1.165) is 18.2 Å². The second-order valence-electron chi connectivity index (χ2n) is 6.23. The fraction of sp³-hybridized carbons (Fsp3) is 0.0909.